The fraction of sp³-hybridized carbons (Fsp3) is 1.00. The summed E-state index contributed by atoms with van der Waals surface area (Å²) < 4.78 is 16.1. The molecule has 0 bridgehead atoms. The Kier molecular flexibility index (Phi) is 1.20. The van der Waals surface area contributed by atoms with E-state index in [1.165, 1.54) is 0 Å². The molecule has 5 nitrogen and oxygen atoms in total. The van der Waals surface area contributed by atoms with Gasteiger partial charge in [-0.1, -0.05) is 0 Å². The third-order valence-corrected chi connectivity index (χ3v) is 2.91. The van der Waals surface area contributed by atoms with Gasteiger partial charge in [-0.15, -0.1) is 0 Å². The first-order valence-corrected chi connectivity index (χ1v) is 4.37. The van der Waals surface area contributed by atoms with E-state index in [0.29, 0.717) is 0 Å². The van der Waals surface area contributed by atoms with Crippen LogP contribution in [0.5, 0.6) is 0 Å². The van der Waals surface area contributed by atoms with E-state index in [1.54, 1.807) is 13.8 Å². The molecule has 0 radical (unpaired) electrons. The average Bonchev–Trinajstić information content (AvgIpc) is 2.41. The van der Waals surface area contributed by atoms with E-state index in [-0.39, 0.29) is 0 Å². The van der Waals surface area contributed by atoms with Crippen molar-refractivity contribution in [1.82, 2.24) is 0 Å². The molecule has 1 aliphatic carbocycles. The van der Waals surface area contributed by atoms with Gasteiger partial charge in [0.25, 0.3) is 0 Å². The standard InChI is InChI=1S/C8H12O5/c1-7(2)12-5-6(10)11-4-3(9)8(4,5)13-7/h3-6,9-10H,1-2H3/t3?,4-,5+,6?,8-/m1/s1. The smallest absolute Gasteiger partial charge is 0.184 e. The van der Waals surface area contributed by atoms with Crippen molar-refractivity contribution in [2.24, 2.45) is 0 Å². The molecule has 5 heteroatoms. The fourth-order valence-electron chi connectivity index (χ4n) is 2.37. The third kappa shape index (κ3) is 0.753. The summed E-state index contributed by atoms with van der Waals surface area (Å²) in [6, 6.07) is 0. The molecule has 2 heterocycles. The molecule has 0 aromatic heterocycles. The maximum atomic E-state index is 9.52. The first kappa shape index (κ1) is 8.14. The molecule has 2 aliphatic heterocycles. The lowest BCUT2D eigenvalue weighted by Gasteiger charge is -2.19. The van der Waals surface area contributed by atoms with Gasteiger partial charge < -0.3 is 24.4 Å². The Hall–Kier alpha value is -0.200. The predicted molar refractivity (Wildman–Crippen MR) is 39.7 cm³/mol. The summed E-state index contributed by atoms with van der Waals surface area (Å²) in [4.78, 5) is 0. The lowest BCUT2D eigenvalue weighted by molar-refractivity contribution is -0.208. The lowest BCUT2D eigenvalue weighted by atomic mass is 10.2. The second-order valence-corrected chi connectivity index (χ2v) is 4.29. The lowest BCUT2D eigenvalue weighted by Crippen LogP contribution is -2.36. The Labute approximate surface area is 75.2 Å². The van der Waals surface area contributed by atoms with Crippen LogP contribution in [0, 0.1) is 0 Å². The highest BCUT2D eigenvalue weighted by molar-refractivity contribution is 5.28. The highest BCUT2D eigenvalue weighted by atomic mass is 16.8. The van der Waals surface area contributed by atoms with Gasteiger partial charge in [-0.05, 0) is 13.8 Å². The van der Waals surface area contributed by atoms with Crippen molar-refractivity contribution in [2.45, 2.75) is 49.8 Å². The summed E-state index contributed by atoms with van der Waals surface area (Å²) in [6.45, 7) is 3.52. The Morgan fingerprint density at radius 2 is 1.85 bits per heavy atom. The zero-order valence-corrected chi connectivity index (χ0v) is 7.43. The largest absolute Gasteiger partial charge is 0.387 e. The van der Waals surface area contributed by atoms with Crippen molar-refractivity contribution in [3.63, 3.8) is 0 Å². The molecule has 0 aromatic rings. The number of hydrogen-bond acceptors (Lipinski definition) is 5. The van der Waals surface area contributed by atoms with Gasteiger partial charge in [0.05, 0.1) is 0 Å². The zero-order valence-electron chi connectivity index (χ0n) is 7.43. The van der Waals surface area contributed by atoms with Crippen LogP contribution in [0.2, 0.25) is 0 Å². The molecule has 3 aliphatic rings. The predicted octanol–water partition coefficient (Wildman–Crippen LogP) is -1.03. The molecule has 0 aromatic carbocycles. The fourth-order valence-corrected chi connectivity index (χ4v) is 2.37. The van der Waals surface area contributed by atoms with Gasteiger partial charge in [0.15, 0.2) is 17.7 Å². The molecular weight excluding hydrogens is 176 g/mol. The topological polar surface area (TPSA) is 68.2 Å². The van der Waals surface area contributed by atoms with Crippen LogP contribution < -0.4 is 0 Å². The molecule has 3 fully saturated rings. The Balaban J connectivity index is 1.96. The molecule has 0 amide bonds. The molecule has 2 saturated heterocycles. The van der Waals surface area contributed by atoms with Gasteiger partial charge in [-0.25, -0.2) is 0 Å². The minimum atomic E-state index is -0.977. The molecule has 74 valence electrons. The maximum Gasteiger partial charge on any atom is 0.184 e. The van der Waals surface area contributed by atoms with Crippen molar-refractivity contribution in [1.29, 1.82) is 0 Å². The van der Waals surface area contributed by atoms with Crippen LogP contribution in [0.15, 0.2) is 0 Å². The van der Waals surface area contributed by atoms with Gasteiger partial charge in [0.2, 0.25) is 0 Å². The minimum absolute atomic E-state index is 0.422. The third-order valence-electron chi connectivity index (χ3n) is 2.91. The quantitative estimate of drug-likeness (QED) is 0.508. The van der Waals surface area contributed by atoms with Crippen molar-refractivity contribution >= 4 is 0 Å². The second kappa shape index (κ2) is 1.92. The van der Waals surface area contributed by atoms with E-state index in [0.717, 1.165) is 0 Å². The molecule has 2 N–H and O–H groups in total. The van der Waals surface area contributed by atoms with Crippen LogP contribution in [0.1, 0.15) is 13.8 Å². The monoisotopic (exact) mass is 188 g/mol. The van der Waals surface area contributed by atoms with Crippen LogP contribution in [0.4, 0.5) is 0 Å². The number of hydrogen-bond donors (Lipinski definition) is 2. The first-order chi connectivity index (χ1) is 5.97. The van der Waals surface area contributed by atoms with Crippen molar-refractivity contribution in [2.75, 3.05) is 0 Å². The Morgan fingerprint density at radius 3 is 2.46 bits per heavy atom. The van der Waals surface area contributed by atoms with Crippen molar-refractivity contribution in [3.8, 4) is 0 Å². The highest BCUT2D eigenvalue weighted by Gasteiger charge is 2.83. The van der Waals surface area contributed by atoms with E-state index in [1.807, 2.05) is 0 Å². The zero-order chi connectivity index (χ0) is 9.43. The summed E-state index contributed by atoms with van der Waals surface area (Å²) in [5, 5.41) is 18.9. The Morgan fingerprint density at radius 1 is 1.15 bits per heavy atom. The summed E-state index contributed by atoms with van der Waals surface area (Å²) >= 11 is 0. The number of aliphatic hydroxyl groups excluding tert-OH is 2. The van der Waals surface area contributed by atoms with E-state index < -0.39 is 36.0 Å². The summed E-state index contributed by atoms with van der Waals surface area (Å²) in [7, 11) is 0. The van der Waals surface area contributed by atoms with E-state index >= 15 is 0 Å². The maximum absolute atomic E-state index is 9.52. The van der Waals surface area contributed by atoms with Crippen LogP contribution in [-0.2, 0) is 14.2 Å². The van der Waals surface area contributed by atoms with E-state index in [2.05, 4.69) is 0 Å². The second-order valence-electron chi connectivity index (χ2n) is 4.29. The molecular formula is C8H12O5. The number of rotatable bonds is 0. The molecule has 3 rings (SSSR count). The van der Waals surface area contributed by atoms with Gasteiger partial charge in [-0.3, -0.25) is 0 Å². The van der Waals surface area contributed by atoms with Crippen molar-refractivity contribution in [3.05, 3.63) is 0 Å². The average molecular weight is 188 g/mol. The first-order valence-electron chi connectivity index (χ1n) is 4.37. The van der Waals surface area contributed by atoms with Crippen LogP contribution in [0.3, 0.4) is 0 Å². The summed E-state index contributed by atoms with van der Waals surface area (Å²) in [5.41, 5.74) is -0.803. The number of aliphatic hydroxyl groups is 2. The summed E-state index contributed by atoms with van der Waals surface area (Å²) in [5.74, 6) is -0.745. The molecule has 2 unspecified atom stereocenters. The van der Waals surface area contributed by atoms with Gasteiger partial charge in [-0.2, -0.15) is 0 Å². The van der Waals surface area contributed by atoms with Crippen LogP contribution in [-0.4, -0.2) is 46.2 Å². The van der Waals surface area contributed by atoms with Gasteiger partial charge in [0, 0.05) is 0 Å². The van der Waals surface area contributed by atoms with Crippen LogP contribution in [0.25, 0.3) is 0 Å². The van der Waals surface area contributed by atoms with Crippen molar-refractivity contribution < 1.29 is 24.4 Å². The molecule has 1 saturated carbocycles. The minimum Gasteiger partial charge on any atom is -0.387 e. The number of ether oxygens (including phenoxy) is 3. The van der Waals surface area contributed by atoms with E-state index in [9.17, 15) is 10.2 Å². The van der Waals surface area contributed by atoms with E-state index in [4.69, 9.17) is 14.2 Å². The van der Waals surface area contributed by atoms with Gasteiger partial charge in [0.1, 0.15) is 18.3 Å². The normalized spacial score (nSPS) is 61.8. The summed E-state index contributed by atoms with van der Waals surface area (Å²) in [6.07, 6.45) is -2.62. The SMILES string of the molecule is CC1(C)O[C@H]2C(O)O[C@@H]3C(O)[C@@]32O1. The molecule has 1 spiro atoms. The Bertz CT molecular complexity index is 265. The molecule has 5 atom stereocenters. The molecule has 13 heavy (non-hydrogen) atoms. The highest BCUT2D eigenvalue weighted by Crippen LogP contribution is 2.59. The van der Waals surface area contributed by atoms with Gasteiger partial charge >= 0.3 is 0 Å². The van der Waals surface area contributed by atoms with Crippen LogP contribution >= 0.6 is 0 Å².